The number of thioether (sulfide) groups is 1. The zero-order valence-corrected chi connectivity index (χ0v) is 21.2. The molecule has 0 aromatic heterocycles. The number of amides is 2. The van der Waals surface area contributed by atoms with Crippen molar-refractivity contribution in [1.29, 1.82) is 0 Å². The van der Waals surface area contributed by atoms with E-state index in [1.54, 1.807) is 18.2 Å². The maximum absolute atomic E-state index is 12.9. The van der Waals surface area contributed by atoms with Crippen LogP contribution in [0.3, 0.4) is 0 Å². The van der Waals surface area contributed by atoms with E-state index in [2.05, 4.69) is 21.4 Å². The fourth-order valence-electron chi connectivity index (χ4n) is 2.86. The molecule has 2 amide bonds. The molecule has 1 aliphatic heterocycles. The van der Waals surface area contributed by atoms with Gasteiger partial charge >= 0.3 is 0 Å². The van der Waals surface area contributed by atoms with E-state index < -0.39 is 5.91 Å². The summed E-state index contributed by atoms with van der Waals surface area (Å²) < 4.78 is 12.5. The first-order chi connectivity index (χ1) is 15.3. The molecule has 168 valence electrons. The number of carbonyl (C=O) groups is 2. The van der Waals surface area contributed by atoms with Gasteiger partial charge in [0.25, 0.3) is 11.8 Å². The van der Waals surface area contributed by atoms with Gasteiger partial charge in [0.15, 0.2) is 15.8 Å². The third-order valence-corrected chi connectivity index (χ3v) is 6.29. The zero-order chi connectivity index (χ0) is 23.3. The lowest BCUT2D eigenvalue weighted by molar-refractivity contribution is -0.123. The molecule has 0 atom stereocenters. The van der Waals surface area contributed by atoms with Gasteiger partial charge in [0, 0.05) is 5.56 Å². The van der Waals surface area contributed by atoms with E-state index >= 15 is 0 Å². The fourth-order valence-corrected chi connectivity index (χ4v) is 4.62. The number of nitrogens with zero attached hydrogens (tertiary/aromatic N) is 1. The molecule has 1 saturated heterocycles. The third kappa shape index (κ3) is 5.70. The van der Waals surface area contributed by atoms with Gasteiger partial charge in [0.1, 0.15) is 0 Å². The van der Waals surface area contributed by atoms with Crippen molar-refractivity contribution in [3.63, 3.8) is 0 Å². The molecule has 0 unspecified atom stereocenters. The lowest BCUT2D eigenvalue weighted by Gasteiger charge is -2.15. The molecular weight excluding hydrogens is 512 g/mol. The third-order valence-electron chi connectivity index (χ3n) is 4.40. The van der Waals surface area contributed by atoms with E-state index in [0.717, 1.165) is 38.8 Å². The lowest BCUT2D eigenvalue weighted by atomic mass is 10.1. The number of thiocarbonyl (C=S) groups is 1. The molecule has 0 saturated carbocycles. The molecule has 1 fully saturated rings. The topological polar surface area (TPSA) is 67.9 Å². The summed E-state index contributed by atoms with van der Waals surface area (Å²) in [7, 11) is 0. The Labute approximate surface area is 205 Å². The first kappa shape index (κ1) is 24.3. The van der Waals surface area contributed by atoms with Crippen molar-refractivity contribution < 1.29 is 19.1 Å². The molecule has 0 spiro atoms. The van der Waals surface area contributed by atoms with E-state index in [1.807, 2.05) is 45.0 Å². The summed E-state index contributed by atoms with van der Waals surface area (Å²) in [5.41, 5.74) is 4.82. The molecule has 0 aliphatic carbocycles. The Kier molecular flexibility index (Phi) is 8.33. The van der Waals surface area contributed by atoms with E-state index in [4.69, 9.17) is 21.7 Å². The normalized spacial score (nSPS) is 14.8. The van der Waals surface area contributed by atoms with Crippen molar-refractivity contribution in [3.8, 4) is 11.5 Å². The van der Waals surface area contributed by atoms with Gasteiger partial charge in [0.05, 0.1) is 22.6 Å². The summed E-state index contributed by atoms with van der Waals surface area (Å²) >= 11 is 9.98. The van der Waals surface area contributed by atoms with Gasteiger partial charge in [-0.05, 0) is 84.3 Å². The number of carbonyl (C=O) groups excluding carboxylic acids is 2. The molecule has 32 heavy (non-hydrogen) atoms. The van der Waals surface area contributed by atoms with Crippen LogP contribution >= 0.6 is 39.9 Å². The van der Waals surface area contributed by atoms with E-state index in [9.17, 15) is 9.59 Å². The van der Waals surface area contributed by atoms with Crippen LogP contribution in [0.1, 0.15) is 41.8 Å². The summed E-state index contributed by atoms with van der Waals surface area (Å²) in [6, 6.07) is 10.7. The predicted molar refractivity (Wildman–Crippen MR) is 135 cm³/mol. The highest BCUT2D eigenvalue weighted by molar-refractivity contribution is 9.10. The maximum Gasteiger partial charge on any atom is 0.285 e. The van der Waals surface area contributed by atoms with Crippen molar-refractivity contribution in [1.82, 2.24) is 10.4 Å². The molecule has 0 radical (unpaired) electrons. The summed E-state index contributed by atoms with van der Waals surface area (Å²) in [5.74, 6) is 0.427. The van der Waals surface area contributed by atoms with Crippen molar-refractivity contribution in [2.45, 2.75) is 27.2 Å². The summed E-state index contributed by atoms with van der Waals surface area (Å²) in [6.45, 7) is 6.91. The van der Waals surface area contributed by atoms with Gasteiger partial charge in [0.2, 0.25) is 0 Å². The summed E-state index contributed by atoms with van der Waals surface area (Å²) in [6.07, 6.45) is 2.59. The highest BCUT2D eigenvalue weighted by Crippen LogP contribution is 2.39. The van der Waals surface area contributed by atoms with Gasteiger partial charge in [-0.2, -0.15) is 5.01 Å². The number of hydrogen-bond donors (Lipinski definition) is 1. The summed E-state index contributed by atoms with van der Waals surface area (Å²) in [4.78, 5) is 25.8. The zero-order valence-electron chi connectivity index (χ0n) is 17.9. The molecule has 3 rings (SSSR count). The number of benzene rings is 2. The molecule has 1 aliphatic rings. The standard InChI is InChI=1S/C23H23BrN2O4S2/c1-4-10-30-20-17(24)11-15(12-18(20)29-5-2)13-19-22(28)26(23(31)32-19)25-21(27)16-8-6-14(3)7-9-16/h6-9,11-13H,4-5,10H2,1-3H3,(H,25,27)/b19-13-. The van der Waals surface area contributed by atoms with Crippen molar-refractivity contribution in [2.75, 3.05) is 13.2 Å². The number of ether oxygens (including phenoxy) is 2. The number of halogens is 1. The number of hydrogen-bond acceptors (Lipinski definition) is 6. The molecule has 1 N–H and O–H groups in total. The SMILES string of the molecule is CCCOc1c(Br)cc(/C=C2\SC(=S)N(NC(=O)c3ccc(C)cc3)C2=O)cc1OCC. The highest BCUT2D eigenvalue weighted by atomic mass is 79.9. The average Bonchev–Trinajstić information content (AvgIpc) is 3.01. The second-order valence-corrected chi connectivity index (χ2v) is 9.47. The molecule has 9 heteroatoms. The van der Waals surface area contributed by atoms with Gasteiger partial charge < -0.3 is 9.47 Å². The number of rotatable bonds is 8. The smallest absolute Gasteiger partial charge is 0.285 e. The predicted octanol–water partition coefficient (Wildman–Crippen LogP) is 5.49. The van der Waals surface area contributed by atoms with Crippen LogP contribution in [0.15, 0.2) is 45.8 Å². The largest absolute Gasteiger partial charge is 0.490 e. The van der Waals surface area contributed by atoms with Gasteiger partial charge in [-0.1, -0.05) is 36.4 Å². The van der Waals surface area contributed by atoms with Crippen molar-refractivity contribution >= 4 is 62.1 Å². The minimum atomic E-state index is -0.402. The minimum absolute atomic E-state index is 0.258. The lowest BCUT2D eigenvalue weighted by Crippen LogP contribution is -2.44. The molecule has 6 nitrogen and oxygen atoms in total. The molecule has 2 aromatic rings. The van der Waals surface area contributed by atoms with E-state index in [-0.39, 0.29) is 10.2 Å². The summed E-state index contributed by atoms with van der Waals surface area (Å²) in [5, 5.41) is 1.10. The Morgan fingerprint density at radius 2 is 1.94 bits per heavy atom. The number of hydrazine groups is 1. The maximum atomic E-state index is 12.9. The monoisotopic (exact) mass is 534 g/mol. The van der Waals surface area contributed by atoms with E-state index in [0.29, 0.717) is 35.2 Å². The Bertz CT molecular complexity index is 1070. The van der Waals surface area contributed by atoms with Gasteiger partial charge in [-0.25, -0.2) is 0 Å². The Morgan fingerprint density at radius 3 is 2.59 bits per heavy atom. The van der Waals surface area contributed by atoms with Gasteiger partial charge in [-0.3, -0.25) is 15.0 Å². The Balaban J connectivity index is 1.82. The van der Waals surface area contributed by atoms with Crippen molar-refractivity contribution in [3.05, 3.63) is 62.5 Å². The second kappa shape index (κ2) is 11.0. The average molecular weight is 535 g/mol. The Hall–Kier alpha value is -2.36. The Morgan fingerprint density at radius 1 is 1.22 bits per heavy atom. The quantitative estimate of drug-likeness (QED) is 0.356. The fraction of sp³-hybridized carbons (Fsp3) is 0.261. The number of nitrogens with one attached hydrogen (secondary N) is 1. The van der Waals surface area contributed by atoms with Crippen LogP contribution < -0.4 is 14.9 Å². The molecule has 1 heterocycles. The van der Waals surface area contributed by atoms with Crippen LogP contribution in [-0.2, 0) is 4.79 Å². The highest BCUT2D eigenvalue weighted by Gasteiger charge is 2.34. The van der Waals surface area contributed by atoms with Crippen LogP contribution in [0.2, 0.25) is 0 Å². The van der Waals surface area contributed by atoms with Gasteiger partial charge in [-0.15, -0.1) is 0 Å². The van der Waals surface area contributed by atoms with Crippen LogP contribution in [-0.4, -0.2) is 34.4 Å². The number of aryl methyl sites for hydroxylation is 1. The second-order valence-electron chi connectivity index (χ2n) is 6.94. The molecular formula is C23H23BrN2O4S2. The van der Waals surface area contributed by atoms with Crippen molar-refractivity contribution in [2.24, 2.45) is 0 Å². The van der Waals surface area contributed by atoms with Crippen LogP contribution in [0, 0.1) is 6.92 Å². The van der Waals surface area contributed by atoms with Crippen LogP contribution in [0.5, 0.6) is 11.5 Å². The van der Waals surface area contributed by atoms with Crippen LogP contribution in [0.25, 0.3) is 6.08 Å². The first-order valence-electron chi connectivity index (χ1n) is 10.1. The molecule has 2 aromatic carbocycles. The molecule has 0 bridgehead atoms. The minimum Gasteiger partial charge on any atom is -0.490 e. The van der Waals surface area contributed by atoms with E-state index in [1.165, 1.54) is 0 Å². The van der Waals surface area contributed by atoms with Crippen LogP contribution in [0.4, 0.5) is 0 Å². The first-order valence-corrected chi connectivity index (χ1v) is 12.1.